The van der Waals surface area contributed by atoms with E-state index in [0.717, 1.165) is 0 Å². The largest absolute Gasteiger partial charge is 0.508 e. The summed E-state index contributed by atoms with van der Waals surface area (Å²) in [6, 6.07) is 27.1. The maximum Gasteiger partial charge on any atom is 0.508 e. The fraction of sp³-hybridized carbons (Fsp3) is 0.457. The van der Waals surface area contributed by atoms with Crippen LogP contribution in [0.4, 0.5) is 4.79 Å². The van der Waals surface area contributed by atoms with Gasteiger partial charge in [-0.25, -0.2) is 4.79 Å². The summed E-state index contributed by atoms with van der Waals surface area (Å²) in [5, 5.41) is 3.76. The number of nitrogens with one attached hydrogen (secondary N) is 1. The van der Waals surface area contributed by atoms with Crippen LogP contribution in [0.3, 0.4) is 0 Å². The summed E-state index contributed by atoms with van der Waals surface area (Å²) in [7, 11) is 0. The Morgan fingerprint density at radius 2 is 1.15 bits per heavy atom. The summed E-state index contributed by atoms with van der Waals surface area (Å²) in [5.41, 5.74) is 7.11. The standard InChI is InChI=1S/C35H45NO3/c1-9-38-32(37)39-30-22-31(36-23-30)35(27-12-10-24(2)11-13-27,28-18-14-25(15-19-28)33(3,4)5)29-20-16-26(17-21-29)34(6,7)8/h10-21,30-31,36H,9,22-23H2,1-8H3. The zero-order chi connectivity index (χ0) is 28.4. The normalized spacial score (nSPS) is 18.2. The van der Waals surface area contributed by atoms with E-state index in [1.54, 1.807) is 6.92 Å². The third-order valence-electron chi connectivity index (χ3n) is 8.06. The molecule has 0 aromatic heterocycles. The molecule has 2 unspecified atom stereocenters. The molecule has 208 valence electrons. The average Bonchev–Trinajstić information content (AvgIpc) is 3.33. The maximum atomic E-state index is 12.2. The van der Waals surface area contributed by atoms with Crippen molar-refractivity contribution >= 4 is 6.16 Å². The summed E-state index contributed by atoms with van der Waals surface area (Å²) in [5.74, 6) is 0. The minimum Gasteiger partial charge on any atom is -0.435 e. The van der Waals surface area contributed by atoms with E-state index >= 15 is 0 Å². The Morgan fingerprint density at radius 1 is 0.744 bits per heavy atom. The summed E-state index contributed by atoms with van der Waals surface area (Å²) < 4.78 is 10.8. The van der Waals surface area contributed by atoms with Crippen molar-refractivity contribution in [1.82, 2.24) is 5.32 Å². The summed E-state index contributed by atoms with van der Waals surface area (Å²) in [6.45, 7) is 18.3. The molecule has 1 heterocycles. The Balaban J connectivity index is 1.91. The first kappa shape index (κ1) is 28.9. The van der Waals surface area contributed by atoms with Gasteiger partial charge in [-0.1, -0.05) is 120 Å². The van der Waals surface area contributed by atoms with E-state index in [2.05, 4.69) is 127 Å². The van der Waals surface area contributed by atoms with Gasteiger partial charge in [0.2, 0.25) is 0 Å². The van der Waals surface area contributed by atoms with Crippen molar-refractivity contribution in [2.24, 2.45) is 0 Å². The van der Waals surface area contributed by atoms with E-state index in [0.29, 0.717) is 19.6 Å². The lowest BCUT2D eigenvalue weighted by Crippen LogP contribution is -2.47. The van der Waals surface area contributed by atoms with Crippen molar-refractivity contribution in [1.29, 1.82) is 0 Å². The van der Waals surface area contributed by atoms with Gasteiger partial charge in [-0.05, 0) is 52.5 Å². The van der Waals surface area contributed by atoms with Gasteiger partial charge in [-0.15, -0.1) is 0 Å². The van der Waals surface area contributed by atoms with Crippen molar-refractivity contribution in [3.63, 3.8) is 0 Å². The molecule has 4 heteroatoms. The zero-order valence-electron chi connectivity index (χ0n) is 24.9. The van der Waals surface area contributed by atoms with Gasteiger partial charge in [0.15, 0.2) is 0 Å². The van der Waals surface area contributed by atoms with Crippen LogP contribution < -0.4 is 5.32 Å². The van der Waals surface area contributed by atoms with E-state index in [-0.39, 0.29) is 23.0 Å². The number of rotatable bonds is 6. The summed E-state index contributed by atoms with van der Waals surface area (Å²) in [4.78, 5) is 12.2. The number of hydrogen-bond donors (Lipinski definition) is 1. The van der Waals surface area contributed by atoms with Gasteiger partial charge in [-0.2, -0.15) is 0 Å². The van der Waals surface area contributed by atoms with E-state index in [4.69, 9.17) is 9.47 Å². The van der Waals surface area contributed by atoms with E-state index in [1.807, 2.05) is 0 Å². The molecule has 0 saturated carbocycles. The molecule has 1 saturated heterocycles. The monoisotopic (exact) mass is 527 g/mol. The van der Waals surface area contributed by atoms with Crippen LogP contribution in [-0.2, 0) is 25.7 Å². The Labute approximate surface area is 235 Å². The van der Waals surface area contributed by atoms with Crippen LogP contribution in [0.1, 0.15) is 88.3 Å². The molecule has 1 aliphatic rings. The van der Waals surface area contributed by atoms with Crippen molar-refractivity contribution in [2.45, 2.75) is 90.2 Å². The van der Waals surface area contributed by atoms with Crippen LogP contribution in [0.2, 0.25) is 0 Å². The Hall–Kier alpha value is -3.11. The number of ether oxygens (including phenoxy) is 2. The molecule has 39 heavy (non-hydrogen) atoms. The Kier molecular flexibility index (Phi) is 8.28. The number of carbonyl (C=O) groups is 1. The lowest BCUT2D eigenvalue weighted by atomic mass is 9.63. The molecule has 0 bridgehead atoms. The number of carbonyl (C=O) groups excluding carboxylic acids is 1. The highest BCUT2D eigenvalue weighted by molar-refractivity contribution is 5.60. The van der Waals surface area contributed by atoms with E-state index < -0.39 is 11.6 Å². The molecule has 3 aromatic carbocycles. The van der Waals surface area contributed by atoms with Crippen molar-refractivity contribution in [3.8, 4) is 0 Å². The van der Waals surface area contributed by atoms with Crippen LogP contribution in [-0.4, -0.2) is 31.5 Å². The van der Waals surface area contributed by atoms with Crippen LogP contribution in [0.15, 0.2) is 72.8 Å². The SMILES string of the molecule is CCOC(=O)OC1CNC(C(c2ccc(C)cc2)(c2ccc(C(C)(C)C)cc2)c2ccc(C(C)(C)C)cc2)C1. The fourth-order valence-electron chi connectivity index (χ4n) is 5.80. The predicted molar refractivity (Wildman–Crippen MR) is 160 cm³/mol. The molecule has 0 amide bonds. The molecule has 4 nitrogen and oxygen atoms in total. The third-order valence-corrected chi connectivity index (χ3v) is 8.06. The number of aryl methyl sites for hydroxylation is 1. The van der Waals surface area contributed by atoms with Crippen molar-refractivity contribution in [3.05, 3.63) is 106 Å². The number of benzene rings is 3. The van der Waals surface area contributed by atoms with Crippen LogP contribution in [0.5, 0.6) is 0 Å². The first-order valence-corrected chi connectivity index (χ1v) is 14.2. The fourth-order valence-corrected chi connectivity index (χ4v) is 5.80. The third kappa shape index (κ3) is 6.06. The summed E-state index contributed by atoms with van der Waals surface area (Å²) in [6.07, 6.45) is -0.189. The second-order valence-corrected chi connectivity index (χ2v) is 12.9. The molecule has 0 radical (unpaired) electrons. The molecule has 0 aliphatic carbocycles. The maximum absolute atomic E-state index is 12.2. The first-order valence-electron chi connectivity index (χ1n) is 14.2. The van der Waals surface area contributed by atoms with Gasteiger partial charge in [-0.3, -0.25) is 0 Å². The minimum atomic E-state index is -0.602. The van der Waals surface area contributed by atoms with Crippen LogP contribution in [0.25, 0.3) is 0 Å². The van der Waals surface area contributed by atoms with Gasteiger partial charge in [0, 0.05) is 19.0 Å². The van der Waals surface area contributed by atoms with Gasteiger partial charge < -0.3 is 14.8 Å². The van der Waals surface area contributed by atoms with Gasteiger partial charge in [0.1, 0.15) is 6.10 Å². The predicted octanol–water partition coefficient (Wildman–Crippen LogP) is 7.83. The second-order valence-electron chi connectivity index (χ2n) is 12.9. The molecular weight excluding hydrogens is 482 g/mol. The zero-order valence-corrected chi connectivity index (χ0v) is 24.9. The Morgan fingerprint density at radius 3 is 1.56 bits per heavy atom. The lowest BCUT2D eigenvalue weighted by Gasteiger charge is -2.42. The number of hydrogen-bond acceptors (Lipinski definition) is 4. The smallest absolute Gasteiger partial charge is 0.435 e. The van der Waals surface area contributed by atoms with Crippen LogP contribution >= 0.6 is 0 Å². The van der Waals surface area contributed by atoms with Gasteiger partial charge in [0.25, 0.3) is 0 Å². The van der Waals surface area contributed by atoms with E-state index in [9.17, 15) is 4.79 Å². The van der Waals surface area contributed by atoms with Gasteiger partial charge >= 0.3 is 6.16 Å². The van der Waals surface area contributed by atoms with Crippen molar-refractivity contribution in [2.75, 3.05) is 13.2 Å². The minimum absolute atomic E-state index is 0.000561. The molecule has 3 aromatic rings. The molecule has 2 atom stereocenters. The molecule has 1 fully saturated rings. The molecule has 1 N–H and O–H groups in total. The quantitative estimate of drug-likeness (QED) is 0.262. The van der Waals surface area contributed by atoms with Gasteiger partial charge in [0.05, 0.1) is 12.0 Å². The van der Waals surface area contributed by atoms with E-state index in [1.165, 1.54) is 33.4 Å². The molecule has 1 aliphatic heterocycles. The second kappa shape index (κ2) is 11.2. The molecule has 0 spiro atoms. The van der Waals surface area contributed by atoms with Crippen molar-refractivity contribution < 1.29 is 14.3 Å². The lowest BCUT2D eigenvalue weighted by molar-refractivity contribution is 0.0315. The highest BCUT2D eigenvalue weighted by Gasteiger charge is 2.48. The van der Waals surface area contributed by atoms with Crippen LogP contribution in [0, 0.1) is 6.92 Å². The first-order chi connectivity index (χ1) is 18.4. The Bertz CT molecular complexity index is 1190. The molecular formula is C35H45NO3. The molecule has 4 rings (SSSR count). The highest BCUT2D eigenvalue weighted by atomic mass is 16.7. The topological polar surface area (TPSA) is 47.6 Å². The summed E-state index contributed by atoms with van der Waals surface area (Å²) >= 11 is 0. The highest BCUT2D eigenvalue weighted by Crippen LogP contribution is 2.46. The average molecular weight is 528 g/mol.